The minimum Gasteiger partial charge on any atom is -0.454 e. The van der Waals surface area contributed by atoms with Gasteiger partial charge in [-0.05, 0) is 65.4 Å². The molecule has 5 heterocycles. The summed E-state index contributed by atoms with van der Waals surface area (Å²) < 4.78 is 13.9. The van der Waals surface area contributed by atoms with Crippen LogP contribution in [0.1, 0.15) is 32.5 Å². The quantitative estimate of drug-likeness (QED) is 0.273. The number of hydrogen-bond acceptors (Lipinski definition) is 6. The molecule has 0 aliphatic carbocycles. The van der Waals surface area contributed by atoms with Crippen LogP contribution in [0, 0.1) is 0 Å². The van der Waals surface area contributed by atoms with Crippen molar-refractivity contribution in [3.8, 4) is 11.5 Å². The van der Waals surface area contributed by atoms with Crippen molar-refractivity contribution >= 4 is 49.8 Å². The molecular weight excluding hydrogens is 550 g/mol. The molecule has 0 saturated heterocycles. The van der Waals surface area contributed by atoms with E-state index >= 15 is 0 Å². The van der Waals surface area contributed by atoms with Crippen LogP contribution < -0.4 is 14.8 Å². The summed E-state index contributed by atoms with van der Waals surface area (Å²) >= 11 is 1.46. The maximum Gasteiger partial charge on any atom is 0.264 e. The first-order valence-electron chi connectivity index (χ1n) is 13.7. The van der Waals surface area contributed by atoms with E-state index in [0.717, 1.165) is 33.3 Å². The van der Waals surface area contributed by atoms with Gasteiger partial charge in [-0.15, -0.1) is 11.3 Å². The van der Waals surface area contributed by atoms with Crippen LogP contribution >= 0.6 is 11.3 Å². The molecular formula is C32H25N5O4S. The number of imidazole rings is 1. The minimum absolute atomic E-state index is 0.0335. The van der Waals surface area contributed by atoms with Crippen molar-refractivity contribution in [1.82, 2.24) is 19.4 Å². The number of aromatic amines is 1. The molecule has 2 aliphatic heterocycles. The van der Waals surface area contributed by atoms with Crippen LogP contribution in [-0.4, -0.2) is 44.6 Å². The Balaban J connectivity index is 1.13. The smallest absolute Gasteiger partial charge is 0.264 e. The highest BCUT2D eigenvalue weighted by atomic mass is 32.1. The van der Waals surface area contributed by atoms with Crippen molar-refractivity contribution in [1.29, 1.82) is 0 Å². The van der Waals surface area contributed by atoms with Gasteiger partial charge in [0.2, 0.25) is 12.7 Å². The highest BCUT2D eigenvalue weighted by molar-refractivity contribution is 7.20. The molecule has 2 aliphatic rings. The Labute approximate surface area is 244 Å². The molecule has 208 valence electrons. The zero-order valence-electron chi connectivity index (χ0n) is 22.4. The predicted molar refractivity (Wildman–Crippen MR) is 160 cm³/mol. The SMILES string of the molecule is O=C(Cn1ccnc1)Nc1ccc2sc(C(=O)N3CCc4c([nH]c5ccccc45)C3c3ccc4c(c3)OCO4)cc2c1. The number of ether oxygens (including phenoxy) is 2. The molecule has 1 atom stereocenters. The molecule has 0 fully saturated rings. The summed E-state index contributed by atoms with van der Waals surface area (Å²) in [5.74, 6) is 1.22. The zero-order chi connectivity index (χ0) is 28.2. The first-order valence-corrected chi connectivity index (χ1v) is 14.5. The summed E-state index contributed by atoms with van der Waals surface area (Å²) in [5, 5.41) is 5.04. The molecule has 8 rings (SSSR count). The topological polar surface area (TPSA) is 101 Å². The van der Waals surface area contributed by atoms with Crippen molar-refractivity contribution in [3.05, 3.63) is 107 Å². The van der Waals surface area contributed by atoms with Crippen LogP contribution in [-0.2, 0) is 17.8 Å². The molecule has 1 unspecified atom stereocenters. The monoisotopic (exact) mass is 575 g/mol. The Morgan fingerprint density at radius 2 is 1.95 bits per heavy atom. The van der Waals surface area contributed by atoms with E-state index in [0.29, 0.717) is 28.6 Å². The van der Waals surface area contributed by atoms with Gasteiger partial charge < -0.3 is 29.2 Å². The maximum atomic E-state index is 14.2. The number of hydrogen-bond donors (Lipinski definition) is 2. The second kappa shape index (κ2) is 9.78. The van der Waals surface area contributed by atoms with E-state index in [4.69, 9.17) is 9.47 Å². The van der Waals surface area contributed by atoms with E-state index in [9.17, 15) is 9.59 Å². The lowest BCUT2D eigenvalue weighted by Crippen LogP contribution is -2.40. The van der Waals surface area contributed by atoms with E-state index in [1.807, 2.05) is 53.4 Å². The second-order valence-corrected chi connectivity index (χ2v) is 11.6. The number of benzene rings is 3. The standard InChI is InChI=1S/C32H25N5O4S/c38-29(16-36-12-10-33-17-36)34-21-6-8-27-20(13-21)15-28(42-27)32(39)37-11-9-23-22-3-1-2-4-24(22)35-30(23)31(37)19-5-7-25-26(14-19)41-18-40-25/h1-8,10,12-15,17,31,35H,9,11,16,18H2,(H,34,38). The number of thiophene rings is 1. The third-order valence-electron chi connectivity index (χ3n) is 7.90. The van der Waals surface area contributed by atoms with Gasteiger partial charge in [0.25, 0.3) is 5.91 Å². The average Bonchev–Trinajstić information content (AvgIpc) is 3.81. The van der Waals surface area contributed by atoms with Gasteiger partial charge in [0.05, 0.1) is 17.2 Å². The molecule has 3 aromatic carbocycles. The number of aromatic nitrogens is 3. The molecule has 2 amide bonds. The van der Waals surface area contributed by atoms with Crippen molar-refractivity contribution < 1.29 is 19.1 Å². The van der Waals surface area contributed by atoms with Crippen molar-refractivity contribution in [2.45, 2.75) is 19.0 Å². The van der Waals surface area contributed by atoms with Crippen LogP contribution in [0.5, 0.6) is 11.5 Å². The van der Waals surface area contributed by atoms with Crippen LogP contribution in [0.25, 0.3) is 21.0 Å². The predicted octanol–water partition coefficient (Wildman–Crippen LogP) is 5.73. The van der Waals surface area contributed by atoms with Gasteiger partial charge in [-0.2, -0.15) is 0 Å². The number of anilines is 1. The number of amides is 2. The van der Waals surface area contributed by atoms with Gasteiger partial charge in [-0.3, -0.25) is 9.59 Å². The number of nitrogens with one attached hydrogen (secondary N) is 2. The summed E-state index contributed by atoms with van der Waals surface area (Å²) in [6, 6.07) is 21.5. The van der Waals surface area contributed by atoms with Crippen LogP contribution in [0.15, 0.2) is 85.5 Å². The lowest BCUT2D eigenvalue weighted by molar-refractivity contribution is -0.116. The molecule has 0 spiro atoms. The van der Waals surface area contributed by atoms with Crippen LogP contribution in [0.3, 0.4) is 0 Å². The summed E-state index contributed by atoms with van der Waals surface area (Å²) in [4.78, 5) is 37.0. The number of para-hydroxylation sites is 1. The Bertz CT molecular complexity index is 1990. The molecule has 0 saturated carbocycles. The zero-order valence-corrected chi connectivity index (χ0v) is 23.2. The molecule has 42 heavy (non-hydrogen) atoms. The molecule has 2 N–H and O–H groups in total. The Morgan fingerprint density at radius 3 is 2.86 bits per heavy atom. The number of nitrogens with zero attached hydrogens (tertiary/aromatic N) is 3. The van der Waals surface area contributed by atoms with E-state index < -0.39 is 0 Å². The fourth-order valence-electron chi connectivity index (χ4n) is 6.00. The number of H-pyrrole nitrogens is 1. The van der Waals surface area contributed by atoms with Gasteiger partial charge in [-0.25, -0.2) is 4.98 Å². The number of rotatable bonds is 5. The molecule has 10 heteroatoms. The van der Waals surface area contributed by atoms with Crippen molar-refractivity contribution in [2.75, 3.05) is 18.7 Å². The Morgan fingerprint density at radius 1 is 1.05 bits per heavy atom. The lowest BCUT2D eigenvalue weighted by atomic mass is 9.92. The number of carbonyl (C=O) groups is 2. The first-order chi connectivity index (χ1) is 20.6. The van der Waals surface area contributed by atoms with Crippen LogP contribution in [0.4, 0.5) is 5.69 Å². The fraction of sp³-hybridized carbons (Fsp3) is 0.156. The molecule has 3 aromatic heterocycles. The van der Waals surface area contributed by atoms with Gasteiger partial charge in [0, 0.05) is 45.9 Å². The van der Waals surface area contributed by atoms with E-state index in [1.54, 1.807) is 23.3 Å². The average molecular weight is 576 g/mol. The largest absolute Gasteiger partial charge is 0.454 e. The summed E-state index contributed by atoms with van der Waals surface area (Å²) in [5.41, 5.74) is 4.97. The van der Waals surface area contributed by atoms with Gasteiger partial charge >= 0.3 is 0 Å². The summed E-state index contributed by atoms with van der Waals surface area (Å²) in [6.07, 6.45) is 5.75. The fourth-order valence-corrected chi connectivity index (χ4v) is 7.00. The van der Waals surface area contributed by atoms with Gasteiger partial charge in [0.15, 0.2) is 11.5 Å². The highest BCUT2D eigenvalue weighted by Crippen LogP contribution is 2.43. The van der Waals surface area contributed by atoms with E-state index in [2.05, 4.69) is 33.5 Å². The first kappa shape index (κ1) is 24.7. The molecule has 0 bridgehead atoms. The van der Waals surface area contributed by atoms with Crippen molar-refractivity contribution in [2.24, 2.45) is 0 Å². The normalized spacial score (nSPS) is 15.7. The Hall–Kier alpha value is -5.09. The maximum absolute atomic E-state index is 14.2. The van der Waals surface area contributed by atoms with Crippen LogP contribution in [0.2, 0.25) is 0 Å². The molecule has 9 nitrogen and oxygen atoms in total. The number of carbonyl (C=O) groups excluding carboxylic acids is 2. The number of fused-ring (bicyclic) bond motifs is 5. The lowest BCUT2D eigenvalue weighted by Gasteiger charge is -2.36. The van der Waals surface area contributed by atoms with Gasteiger partial charge in [0.1, 0.15) is 6.54 Å². The molecule has 0 radical (unpaired) electrons. The third-order valence-corrected chi connectivity index (χ3v) is 9.01. The van der Waals surface area contributed by atoms with E-state index in [-0.39, 0.29) is 31.2 Å². The summed E-state index contributed by atoms with van der Waals surface area (Å²) in [7, 11) is 0. The van der Waals surface area contributed by atoms with Gasteiger partial charge in [-0.1, -0.05) is 24.3 Å². The molecule has 6 aromatic rings. The van der Waals surface area contributed by atoms with Crippen molar-refractivity contribution in [3.63, 3.8) is 0 Å². The third kappa shape index (κ3) is 4.19. The highest BCUT2D eigenvalue weighted by Gasteiger charge is 2.36. The summed E-state index contributed by atoms with van der Waals surface area (Å²) in [6.45, 7) is 0.950. The second-order valence-electron chi connectivity index (χ2n) is 10.5. The minimum atomic E-state index is -0.314. The Kier molecular flexibility index (Phi) is 5.75. The van der Waals surface area contributed by atoms with E-state index in [1.165, 1.54) is 22.3 Å².